The molecule has 0 aliphatic rings. The van der Waals surface area contributed by atoms with Crippen LogP contribution in [-0.2, 0) is 6.54 Å². The minimum Gasteiger partial charge on any atom is -0.497 e. The highest BCUT2D eigenvalue weighted by molar-refractivity contribution is 7.08. The number of benzene rings is 2. The van der Waals surface area contributed by atoms with Crippen LogP contribution in [0.4, 0.5) is 0 Å². The number of nitrogens with zero attached hydrogens (tertiary/aromatic N) is 2. The van der Waals surface area contributed by atoms with Crippen molar-refractivity contribution in [3.8, 4) is 22.8 Å². The second kappa shape index (κ2) is 9.34. The van der Waals surface area contributed by atoms with Crippen molar-refractivity contribution >= 4 is 33.1 Å². The highest BCUT2D eigenvalue weighted by atomic mass is 32.1. The molecule has 0 aliphatic carbocycles. The molecule has 0 saturated carbocycles. The Labute approximate surface area is 190 Å². The Hall–Kier alpha value is -3.48. The molecule has 0 aliphatic heterocycles. The summed E-state index contributed by atoms with van der Waals surface area (Å²) in [5.74, 6) is 1.67. The Morgan fingerprint density at radius 1 is 1.00 bits per heavy atom. The molecule has 5 aromatic rings. The molecule has 0 amide bonds. The van der Waals surface area contributed by atoms with Gasteiger partial charge in [-0.1, -0.05) is 6.07 Å². The Morgan fingerprint density at radius 2 is 1.97 bits per heavy atom. The molecule has 6 heteroatoms. The van der Waals surface area contributed by atoms with Crippen molar-refractivity contribution in [2.75, 3.05) is 20.3 Å². The molecule has 2 aromatic carbocycles. The fourth-order valence-electron chi connectivity index (χ4n) is 3.76. The van der Waals surface area contributed by atoms with E-state index in [1.165, 1.54) is 0 Å². The van der Waals surface area contributed by atoms with Gasteiger partial charge in [0.15, 0.2) is 0 Å². The summed E-state index contributed by atoms with van der Waals surface area (Å²) >= 11 is 1.68. The number of fused-ring (bicyclic) bond motifs is 2. The van der Waals surface area contributed by atoms with E-state index < -0.39 is 0 Å². The van der Waals surface area contributed by atoms with Crippen LogP contribution in [0.15, 0.2) is 77.6 Å². The summed E-state index contributed by atoms with van der Waals surface area (Å²) in [5.41, 5.74) is 5.17. The minimum absolute atomic E-state index is 0.569. The summed E-state index contributed by atoms with van der Waals surface area (Å²) in [4.78, 5) is 9.34. The van der Waals surface area contributed by atoms with Gasteiger partial charge in [-0.2, -0.15) is 11.3 Å². The van der Waals surface area contributed by atoms with Crippen LogP contribution < -0.4 is 14.8 Å². The highest BCUT2D eigenvalue weighted by Gasteiger charge is 2.11. The Morgan fingerprint density at radius 3 is 2.84 bits per heavy atom. The van der Waals surface area contributed by atoms with Gasteiger partial charge in [-0.05, 0) is 59.5 Å². The average molecular weight is 442 g/mol. The summed E-state index contributed by atoms with van der Waals surface area (Å²) in [6.07, 6.45) is 1.80. The zero-order chi connectivity index (χ0) is 21.8. The molecule has 5 nitrogen and oxygen atoms in total. The smallest absolute Gasteiger partial charge is 0.128 e. The molecule has 5 rings (SSSR count). The van der Waals surface area contributed by atoms with E-state index in [0.717, 1.165) is 56.7 Å². The van der Waals surface area contributed by atoms with Crippen LogP contribution in [0.1, 0.15) is 5.56 Å². The number of rotatable bonds is 8. The quantitative estimate of drug-likeness (QED) is 0.314. The van der Waals surface area contributed by atoms with Crippen molar-refractivity contribution in [1.82, 2.24) is 15.3 Å². The lowest BCUT2D eigenvalue weighted by atomic mass is 10.1. The van der Waals surface area contributed by atoms with Crippen LogP contribution in [0.3, 0.4) is 0 Å². The normalized spacial score (nSPS) is 11.2. The molecule has 1 N–H and O–H groups in total. The lowest BCUT2D eigenvalue weighted by Crippen LogP contribution is -2.21. The van der Waals surface area contributed by atoms with E-state index in [0.29, 0.717) is 13.2 Å². The number of hydrogen-bond donors (Lipinski definition) is 1. The zero-order valence-electron chi connectivity index (χ0n) is 17.7. The SMILES string of the molecule is COc1ccc2cc(CNCCOc3cccc4ncccc34)c(-c3ccsc3)nc2c1. The van der Waals surface area contributed by atoms with E-state index >= 15 is 0 Å². The van der Waals surface area contributed by atoms with Gasteiger partial charge in [-0.3, -0.25) is 4.98 Å². The molecule has 0 fully saturated rings. The number of hydrogen-bond acceptors (Lipinski definition) is 6. The Bertz CT molecular complexity index is 1350. The Kier molecular flexibility index (Phi) is 5.96. The van der Waals surface area contributed by atoms with Crippen LogP contribution in [0.5, 0.6) is 11.5 Å². The largest absolute Gasteiger partial charge is 0.497 e. The summed E-state index contributed by atoms with van der Waals surface area (Å²) in [6.45, 7) is 2.00. The average Bonchev–Trinajstić information content (AvgIpc) is 3.38. The highest BCUT2D eigenvalue weighted by Crippen LogP contribution is 2.29. The van der Waals surface area contributed by atoms with Crippen molar-refractivity contribution in [2.24, 2.45) is 0 Å². The lowest BCUT2D eigenvalue weighted by molar-refractivity contribution is 0.317. The molecule has 3 heterocycles. The number of ether oxygens (including phenoxy) is 2. The van der Waals surface area contributed by atoms with Crippen LogP contribution in [0, 0.1) is 0 Å². The molecule has 3 aromatic heterocycles. The summed E-state index contributed by atoms with van der Waals surface area (Å²) < 4.78 is 11.4. The van der Waals surface area contributed by atoms with E-state index in [4.69, 9.17) is 14.5 Å². The molecule has 32 heavy (non-hydrogen) atoms. The molecule has 160 valence electrons. The second-order valence-electron chi connectivity index (χ2n) is 7.42. The van der Waals surface area contributed by atoms with E-state index in [1.807, 2.05) is 42.5 Å². The van der Waals surface area contributed by atoms with Crippen molar-refractivity contribution in [3.05, 3.63) is 83.2 Å². The predicted molar refractivity (Wildman–Crippen MR) is 131 cm³/mol. The third-order valence-corrected chi connectivity index (χ3v) is 6.04. The number of methoxy groups -OCH3 is 1. The minimum atomic E-state index is 0.569. The summed E-state index contributed by atoms with van der Waals surface area (Å²) in [7, 11) is 1.68. The van der Waals surface area contributed by atoms with Gasteiger partial charge in [-0.15, -0.1) is 0 Å². The second-order valence-corrected chi connectivity index (χ2v) is 8.20. The number of pyridine rings is 2. The fraction of sp³-hybridized carbons (Fsp3) is 0.154. The molecular formula is C26H23N3O2S. The van der Waals surface area contributed by atoms with E-state index in [9.17, 15) is 0 Å². The van der Waals surface area contributed by atoms with Crippen molar-refractivity contribution in [2.45, 2.75) is 6.54 Å². The molecular weight excluding hydrogens is 418 g/mol. The van der Waals surface area contributed by atoms with E-state index in [1.54, 1.807) is 24.6 Å². The van der Waals surface area contributed by atoms with E-state index in [2.05, 4.69) is 39.3 Å². The first-order valence-corrected chi connectivity index (χ1v) is 11.4. The van der Waals surface area contributed by atoms with Gasteiger partial charge in [-0.25, -0.2) is 4.98 Å². The van der Waals surface area contributed by atoms with Gasteiger partial charge in [0.05, 0.1) is 23.8 Å². The van der Waals surface area contributed by atoms with Crippen LogP contribution in [-0.4, -0.2) is 30.2 Å². The summed E-state index contributed by atoms with van der Waals surface area (Å²) in [6, 6.07) is 20.2. The number of thiophene rings is 1. The zero-order valence-corrected chi connectivity index (χ0v) is 18.6. The lowest BCUT2D eigenvalue weighted by Gasteiger charge is -2.13. The fourth-order valence-corrected chi connectivity index (χ4v) is 4.40. The number of nitrogens with one attached hydrogen (secondary N) is 1. The van der Waals surface area contributed by atoms with Crippen molar-refractivity contribution in [3.63, 3.8) is 0 Å². The maximum absolute atomic E-state index is 6.03. The first kappa shape index (κ1) is 20.4. The van der Waals surface area contributed by atoms with Gasteiger partial charge in [0.2, 0.25) is 0 Å². The van der Waals surface area contributed by atoms with E-state index in [-0.39, 0.29) is 0 Å². The summed E-state index contributed by atoms with van der Waals surface area (Å²) in [5, 5.41) is 9.85. The number of aromatic nitrogens is 2. The first-order chi connectivity index (χ1) is 15.8. The van der Waals surface area contributed by atoms with Crippen molar-refractivity contribution < 1.29 is 9.47 Å². The standard InChI is InChI=1S/C26H23N3O2S/c1-30-21-8-7-18-14-20(26(29-24(18)15-21)19-9-13-32-17-19)16-27-11-12-31-25-6-2-5-23-22(25)4-3-10-28-23/h2-10,13-15,17,27H,11-12,16H2,1H3. The maximum Gasteiger partial charge on any atom is 0.128 e. The molecule has 0 radical (unpaired) electrons. The van der Waals surface area contributed by atoms with Gasteiger partial charge in [0.25, 0.3) is 0 Å². The predicted octanol–water partition coefficient (Wildman–Crippen LogP) is 5.69. The molecule has 0 atom stereocenters. The molecule has 0 bridgehead atoms. The molecule has 0 unspecified atom stereocenters. The monoisotopic (exact) mass is 441 g/mol. The van der Waals surface area contributed by atoms with Crippen LogP contribution >= 0.6 is 11.3 Å². The molecule has 0 spiro atoms. The van der Waals surface area contributed by atoms with Crippen LogP contribution in [0.2, 0.25) is 0 Å². The first-order valence-electron chi connectivity index (χ1n) is 10.5. The Balaban J connectivity index is 1.30. The van der Waals surface area contributed by atoms with Crippen molar-refractivity contribution in [1.29, 1.82) is 0 Å². The van der Waals surface area contributed by atoms with Gasteiger partial charge in [0.1, 0.15) is 18.1 Å². The van der Waals surface area contributed by atoms with Gasteiger partial charge in [0, 0.05) is 47.1 Å². The van der Waals surface area contributed by atoms with Gasteiger partial charge < -0.3 is 14.8 Å². The molecule has 0 saturated heterocycles. The third-order valence-electron chi connectivity index (χ3n) is 5.36. The third kappa shape index (κ3) is 4.28. The van der Waals surface area contributed by atoms with Crippen LogP contribution in [0.25, 0.3) is 33.1 Å². The topological polar surface area (TPSA) is 56.3 Å². The van der Waals surface area contributed by atoms with Gasteiger partial charge >= 0.3 is 0 Å². The maximum atomic E-state index is 6.03.